The van der Waals surface area contributed by atoms with Crippen LogP contribution < -0.4 is 5.32 Å². The number of hydrogen-bond acceptors (Lipinski definition) is 3. The van der Waals surface area contributed by atoms with Crippen LogP contribution in [0.1, 0.15) is 28.5 Å². The summed E-state index contributed by atoms with van der Waals surface area (Å²) in [6, 6.07) is 8.44. The first-order chi connectivity index (χ1) is 8.06. The van der Waals surface area contributed by atoms with Gasteiger partial charge in [-0.05, 0) is 45.0 Å². The third-order valence-corrected chi connectivity index (χ3v) is 4.01. The summed E-state index contributed by atoms with van der Waals surface area (Å²) in [5.74, 6) is 0. The summed E-state index contributed by atoms with van der Waals surface area (Å²) in [7, 11) is 0. The number of aryl methyl sites for hydroxylation is 2. The summed E-state index contributed by atoms with van der Waals surface area (Å²) in [6.07, 6.45) is 0. The predicted octanol–water partition coefficient (Wildman–Crippen LogP) is 4.70. The van der Waals surface area contributed by atoms with Gasteiger partial charge in [-0.2, -0.15) is 0 Å². The van der Waals surface area contributed by atoms with Gasteiger partial charge < -0.3 is 5.32 Å². The molecule has 0 fully saturated rings. The molecule has 1 N–H and O–H groups in total. The number of nitrogens with zero attached hydrogens (tertiary/aromatic N) is 1. The first-order valence-electron chi connectivity index (χ1n) is 5.52. The topological polar surface area (TPSA) is 24.9 Å². The second-order valence-corrected chi connectivity index (χ2v) is 6.37. The van der Waals surface area contributed by atoms with E-state index in [2.05, 4.69) is 52.2 Å². The monoisotopic (exact) mass is 310 g/mol. The molecule has 2 rings (SSSR count). The number of thiazole rings is 1. The van der Waals surface area contributed by atoms with E-state index in [0.29, 0.717) is 0 Å². The summed E-state index contributed by atoms with van der Waals surface area (Å²) < 4.78 is 1.09. The number of rotatable bonds is 3. The molecule has 0 aliphatic heterocycles. The predicted molar refractivity (Wildman–Crippen MR) is 77.8 cm³/mol. The van der Waals surface area contributed by atoms with Crippen LogP contribution in [-0.2, 0) is 0 Å². The van der Waals surface area contributed by atoms with Gasteiger partial charge in [-0.3, -0.25) is 0 Å². The van der Waals surface area contributed by atoms with Crippen molar-refractivity contribution in [2.75, 3.05) is 5.32 Å². The maximum Gasteiger partial charge on any atom is 0.0901 e. The Morgan fingerprint density at radius 1 is 1.24 bits per heavy atom. The lowest BCUT2D eigenvalue weighted by Crippen LogP contribution is -2.08. The minimum absolute atomic E-state index is 0.237. The lowest BCUT2D eigenvalue weighted by molar-refractivity contribution is 0.837. The zero-order valence-electron chi connectivity index (χ0n) is 10.1. The van der Waals surface area contributed by atoms with Gasteiger partial charge in [0.1, 0.15) is 0 Å². The molecular weight excluding hydrogens is 296 g/mol. The van der Waals surface area contributed by atoms with E-state index in [9.17, 15) is 0 Å². The fourth-order valence-electron chi connectivity index (χ4n) is 1.81. The number of hydrogen-bond donors (Lipinski definition) is 1. The van der Waals surface area contributed by atoms with E-state index in [4.69, 9.17) is 0 Å². The second-order valence-electron chi connectivity index (χ2n) is 4.05. The molecule has 4 heteroatoms. The third-order valence-electron chi connectivity index (χ3n) is 2.58. The molecule has 1 atom stereocenters. The Kier molecular flexibility index (Phi) is 3.84. The Balaban J connectivity index is 2.14. The van der Waals surface area contributed by atoms with Gasteiger partial charge >= 0.3 is 0 Å². The molecule has 1 heterocycles. The van der Waals surface area contributed by atoms with Crippen molar-refractivity contribution < 1.29 is 0 Å². The lowest BCUT2D eigenvalue weighted by Gasteiger charge is -2.14. The van der Waals surface area contributed by atoms with Crippen molar-refractivity contribution in [3.8, 4) is 0 Å². The van der Waals surface area contributed by atoms with Crippen molar-refractivity contribution in [2.45, 2.75) is 26.8 Å². The van der Waals surface area contributed by atoms with Crippen molar-refractivity contribution in [1.82, 2.24) is 4.98 Å². The minimum atomic E-state index is 0.237. The van der Waals surface area contributed by atoms with Crippen LogP contribution in [-0.4, -0.2) is 4.98 Å². The third kappa shape index (κ3) is 3.07. The summed E-state index contributed by atoms with van der Waals surface area (Å²) in [5, 5.41) is 4.59. The van der Waals surface area contributed by atoms with Gasteiger partial charge in [0, 0.05) is 15.0 Å². The van der Waals surface area contributed by atoms with E-state index in [1.807, 2.05) is 19.1 Å². The number of halogens is 1. The first kappa shape index (κ1) is 12.6. The normalized spacial score (nSPS) is 12.5. The fourth-order valence-corrected chi connectivity index (χ4v) is 2.99. The summed E-state index contributed by atoms with van der Waals surface area (Å²) in [5.41, 5.74) is 2.26. The highest BCUT2D eigenvalue weighted by molar-refractivity contribution is 9.10. The Labute approximate surface area is 114 Å². The second kappa shape index (κ2) is 5.19. The summed E-state index contributed by atoms with van der Waals surface area (Å²) in [4.78, 5) is 5.86. The molecule has 17 heavy (non-hydrogen) atoms. The highest BCUT2D eigenvalue weighted by atomic mass is 79.9. The van der Waals surface area contributed by atoms with Gasteiger partial charge in [0.25, 0.3) is 0 Å². The van der Waals surface area contributed by atoms with Crippen molar-refractivity contribution in [3.63, 3.8) is 0 Å². The average Bonchev–Trinajstić information content (AvgIpc) is 2.61. The SMILES string of the molecule is Cc1nc(C(C)Nc2ccc(Br)cc2)c(C)s1. The average molecular weight is 311 g/mol. The van der Waals surface area contributed by atoms with Crippen molar-refractivity contribution >= 4 is 33.0 Å². The van der Waals surface area contributed by atoms with E-state index >= 15 is 0 Å². The Hall–Kier alpha value is -0.870. The standard InChI is InChI=1S/C13H15BrN2S/c1-8(13-9(2)17-10(3)16-13)15-12-6-4-11(14)5-7-12/h4-8,15H,1-3H3. The summed E-state index contributed by atoms with van der Waals surface area (Å²) >= 11 is 5.19. The molecule has 90 valence electrons. The molecular formula is C13H15BrN2S. The first-order valence-corrected chi connectivity index (χ1v) is 7.13. The number of nitrogens with one attached hydrogen (secondary N) is 1. The number of anilines is 1. The van der Waals surface area contributed by atoms with Crippen LogP contribution in [0.4, 0.5) is 5.69 Å². The Bertz CT molecular complexity index is 505. The van der Waals surface area contributed by atoms with E-state index in [-0.39, 0.29) is 6.04 Å². The maximum atomic E-state index is 4.57. The molecule has 0 spiro atoms. The molecule has 1 aromatic heterocycles. The smallest absolute Gasteiger partial charge is 0.0901 e. The summed E-state index contributed by atoms with van der Waals surface area (Å²) in [6.45, 7) is 6.32. The Morgan fingerprint density at radius 3 is 2.41 bits per heavy atom. The molecule has 0 saturated heterocycles. The van der Waals surface area contributed by atoms with Gasteiger partial charge in [-0.15, -0.1) is 11.3 Å². The maximum absolute atomic E-state index is 4.57. The molecule has 0 bridgehead atoms. The van der Waals surface area contributed by atoms with E-state index < -0.39 is 0 Å². The molecule has 1 unspecified atom stereocenters. The fraction of sp³-hybridized carbons (Fsp3) is 0.308. The van der Waals surface area contributed by atoms with Crippen molar-refractivity contribution in [2.24, 2.45) is 0 Å². The van der Waals surface area contributed by atoms with Gasteiger partial charge in [0.15, 0.2) is 0 Å². The molecule has 2 nitrogen and oxygen atoms in total. The quantitative estimate of drug-likeness (QED) is 0.889. The molecule has 0 saturated carbocycles. The highest BCUT2D eigenvalue weighted by Crippen LogP contribution is 2.25. The van der Waals surface area contributed by atoms with Crippen molar-refractivity contribution in [3.05, 3.63) is 44.3 Å². The Morgan fingerprint density at radius 2 is 1.88 bits per heavy atom. The van der Waals surface area contributed by atoms with Gasteiger partial charge in [0.05, 0.1) is 16.7 Å². The molecule has 0 aliphatic rings. The molecule has 0 radical (unpaired) electrons. The molecule has 0 amide bonds. The van der Waals surface area contributed by atoms with Crippen LogP contribution in [0, 0.1) is 13.8 Å². The van der Waals surface area contributed by atoms with E-state index in [0.717, 1.165) is 20.9 Å². The van der Waals surface area contributed by atoms with E-state index in [1.165, 1.54) is 4.88 Å². The lowest BCUT2D eigenvalue weighted by atomic mass is 10.2. The number of aromatic nitrogens is 1. The molecule has 1 aromatic carbocycles. The van der Waals surface area contributed by atoms with Crippen LogP contribution in [0.3, 0.4) is 0 Å². The number of benzene rings is 1. The van der Waals surface area contributed by atoms with Crippen LogP contribution in [0.25, 0.3) is 0 Å². The highest BCUT2D eigenvalue weighted by Gasteiger charge is 2.12. The zero-order chi connectivity index (χ0) is 12.4. The van der Waals surface area contributed by atoms with Gasteiger partial charge in [0.2, 0.25) is 0 Å². The minimum Gasteiger partial charge on any atom is -0.377 e. The van der Waals surface area contributed by atoms with Gasteiger partial charge in [-0.1, -0.05) is 15.9 Å². The van der Waals surface area contributed by atoms with Crippen LogP contribution >= 0.6 is 27.3 Å². The zero-order valence-corrected chi connectivity index (χ0v) is 12.5. The van der Waals surface area contributed by atoms with Crippen molar-refractivity contribution in [1.29, 1.82) is 0 Å². The molecule has 0 aliphatic carbocycles. The van der Waals surface area contributed by atoms with Gasteiger partial charge in [-0.25, -0.2) is 4.98 Å². The largest absolute Gasteiger partial charge is 0.377 e. The van der Waals surface area contributed by atoms with Crippen LogP contribution in [0.5, 0.6) is 0 Å². The molecule has 2 aromatic rings. The van der Waals surface area contributed by atoms with Crippen LogP contribution in [0.15, 0.2) is 28.7 Å². The van der Waals surface area contributed by atoms with E-state index in [1.54, 1.807) is 11.3 Å². The van der Waals surface area contributed by atoms with Crippen LogP contribution in [0.2, 0.25) is 0 Å².